The third kappa shape index (κ3) is 8.21. The standard InChI is InChI=1S/C32H40N6O5S2/c1-21(39)26(9-6-12-35-32(33)34)36-31(40)30-27(11-16-44-30)37-45(41,42)28-19-25(18-24-10-15-43-29(24)28)23-8-5-7-22(17-23)20-38-13-3-2-4-14-38/h5,7-8,11,16-19,26,37H,2-4,6,9-10,12-15,20H2,1H3,(H,36,40)(H4,33,34,35). The molecule has 3 aromatic rings. The number of benzene rings is 2. The zero-order valence-corrected chi connectivity index (χ0v) is 27.0. The van der Waals surface area contributed by atoms with Crippen molar-refractivity contribution in [1.29, 1.82) is 0 Å². The maximum Gasteiger partial charge on any atom is 0.265 e. The van der Waals surface area contributed by atoms with E-state index in [0.717, 1.165) is 47.7 Å². The Hall–Kier alpha value is -3.94. The molecule has 3 heterocycles. The minimum absolute atomic E-state index is 0.0211. The Balaban J connectivity index is 1.36. The molecule has 5 rings (SSSR count). The quantitative estimate of drug-likeness (QED) is 0.123. The first-order valence-electron chi connectivity index (χ1n) is 15.2. The van der Waals surface area contributed by atoms with Crippen LogP contribution in [0, 0.1) is 0 Å². The number of likely N-dealkylation sites (tertiary alicyclic amines) is 1. The first kappa shape index (κ1) is 32.5. The van der Waals surface area contributed by atoms with Gasteiger partial charge >= 0.3 is 0 Å². The molecule has 0 radical (unpaired) electrons. The normalized spacial score (nSPS) is 15.5. The molecule has 13 heteroatoms. The SMILES string of the molecule is CC(=O)C(CCCN=C(N)N)NC(=O)c1sccc1NS(=O)(=O)c1cc(-c2cccc(CN3CCCCC3)c2)cc2c1OCC2. The van der Waals surface area contributed by atoms with Crippen molar-refractivity contribution in [3.8, 4) is 16.9 Å². The van der Waals surface area contributed by atoms with Crippen LogP contribution in [0.1, 0.15) is 59.8 Å². The number of fused-ring (bicyclic) bond motifs is 1. The molecule has 1 fully saturated rings. The fourth-order valence-corrected chi connectivity index (χ4v) is 7.84. The van der Waals surface area contributed by atoms with Crippen LogP contribution in [0.2, 0.25) is 0 Å². The second-order valence-corrected chi connectivity index (χ2v) is 14.0. The van der Waals surface area contributed by atoms with Crippen LogP contribution in [-0.4, -0.2) is 63.3 Å². The zero-order valence-electron chi connectivity index (χ0n) is 25.4. The van der Waals surface area contributed by atoms with Gasteiger partial charge in [-0.2, -0.15) is 0 Å². The number of anilines is 1. The first-order valence-corrected chi connectivity index (χ1v) is 17.6. The van der Waals surface area contributed by atoms with E-state index in [1.165, 1.54) is 37.8 Å². The lowest BCUT2D eigenvalue weighted by atomic mass is 9.99. The summed E-state index contributed by atoms with van der Waals surface area (Å²) in [4.78, 5) is 32.0. The number of hydrogen-bond acceptors (Lipinski definition) is 8. The van der Waals surface area contributed by atoms with Crippen molar-refractivity contribution < 1.29 is 22.7 Å². The molecule has 1 saturated heterocycles. The van der Waals surface area contributed by atoms with Crippen LogP contribution in [0.3, 0.4) is 0 Å². The minimum atomic E-state index is -4.16. The molecule has 11 nitrogen and oxygen atoms in total. The third-order valence-electron chi connectivity index (χ3n) is 8.01. The number of thiophene rings is 1. The number of ketones is 1. The first-order chi connectivity index (χ1) is 21.6. The molecule has 1 atom stereocenters. The largest absolute Gasteiger partial charge is 0.492 e. The number of guanidine groups is 1. The molecule has 1 amide bonds. The second kappa shape index (κ2) is 14.4. The van der Waals surface area contributed by atoms with Gasteiger partial charge in [0.05, 0.1) is 18.3 Å². The Morgan fingerprint density at radius 1 is 1.09 bits per heavy atom. The van der Waals surface area contributed by atoms with E-state index in [9.17, 15) is 18.0 Å². The molecular weight excluding hydrogens is 613 g/mol. The van der Waals surface area contributed by atoms with Gasteiger partial charge < -0.3 is 21.5 Å². The summed E-state index contributed by atoms with van der Waals surface area (Å²) in [6, 6.07) is 12.6. The number of Topliss-reactive ketones (excluding diaryl/α,β-unsaturated/α-hetero) is 1. The van der Waals surface area contributed by atoms with Gasteiger partial charge in [-0.3, -0.25) is 24.2 Å². The number of rotatable bonds is 13. The summed E-state index contributed by atoms with van der Waals surface area (Å²) in [6.45, 7) is 5.13. The van der Waals surface area contributed by atoms with Crippen LogP contribution >= 0.6 is 11.3 Å². The van der Waals surface area contributed by atoms with Crippen molar-refractivity contribution in [2.75, 3.05) is 31.0 Å². The van der Waals surface area contributed by atoms with E-state index in [1.54, 1.807) is 11.4 Å². The van der Waals surface area contributed by atoms with Crippen LogP contribution in [0.5, 0.6) is 5.75 Å². The number of hydrogen-bond donors (Lipinski definition) is 4. The molecule has 0 bridgehead atoms. The van der Waals surface area contributed by atoms with Crippen LogP contribution in [0.15, 0.2) is 57.7 Å². The molecular formula is C32H40N6O5S2. The van der Waals surface area contributed by atoms with Gasteiger partial charge in [0.1, 0.15) is 15.5 Å². The van der Waals surface area contributed by atoms with Gasteiger partial charge in [-0.15, -0.1) is 11.3 Å². The van der Waals surface area contributed by atoms with Gasteiger partial charge in [0, 0.05) is 19.5 Å². The Labute approximate surface area is 268 Å². The van der Waals surface area contributed by atoms with Gasteiger partial charge in [0.2, 0.25) is 0 Å². The van der Waals surface area contributed by atoms with Gasteiger partial charge in [0.25, 0.3) is 15.9 Å². The molecule has 2 aliphatic rings. The number of amides is 1. The fourth-order valence-electron chi connectivity index (χ4n) is 5.73. The Morgan fingerprint density at radius 2 is 1.89 bits per heavy atom. The molecule has 2 aliphatic heterocycles. The predicted octanol–water partition coefficient (Wildman–Crippen LogP) is 3.88. The summed E-state index contributed by atoms with van der Waals surface area (Å²) in [6.07, 6.45) is 5.11. The highest BCUT2D eigenvalue weighted by Crippen LogP contribution is 2.39. The lowest BCUT2D eigenvalue weighted by Gasteiger charge is -2.26. The highest BCUT2D eigenvalue weighted by molar-refractivity contribution is 7.92. The number of ether oxygens (including phenoxy) is 1. The fraction of sp³-hybridized carbons (Fsp3) is 0.406. The van der Waals surface area contributed by atoms with E-state index in [4.69, 9.17) is 16.2 Å². The number of nitrogens with one attached hydrogen (secondary N) is 2. The van der Waals surface area contributed by atoms with E-state index in [-0.39, 0.29) is 27.2 Å². The van der Waals surface area contributed by atoms with Crippen molar-refractivity contribution in [1.82, 2.24) is 10.2 Å². The molecule has 2 aromatic carbocycles. The molecule has 1 unspecified atom stereocenters. The van der Waals surface area contributed by atoms with Crippen LogP contribution in [0.25, 0.3) is 11.1 Å². The molecule has 45 heavy (non-hydrogen) atoms. The van der Waals surface area contributed by atoms with Crippen molar-refractivity contribution in [2.24, 2.45) is 16.5 Å². The molecule has 0 aliphatic carbocycles. The summed E-state index contributed by atoms with van der Waals surface area (Å²) in [5.41, 5.74) is 14.6. The summed E-state index contributed by atoms with van der Waals surface area (Å²) in [7, 11) is -4.16. The average molecular weight is 653 g/mol. The van der Waals surface area contributed by atoms with Crippen LogP contribution < -0.4 is 26.2 Å². The second-order valence-electron chi connectivity index (χ2n) is 11.5. The van der Waals surface area contributed by atoms with Gasteiger partial charge in [-0.1, -0.05) is 24.6 Å². The number of nitrogens with zero attached hydrogens (tertiary/aromatic N) is 2. The number of sulfonamides is 1. The van der Waals surface area contributed by atoms with Crippen molar-refractivity contribution >= 4 is 44.7 Å². The lowest BCUT2D eigenvalue weighted by molar-refractivity contribution is -0.118. The molecule has 0 spiro atoms. The van der Waals surface area contributed by atoms with Crippen molar-refractivity contribution in [3.63, 3.8) is 0 Å². The van der Waals surface area contributed by atoms with E-state index in [2.05, 4.69) is 32.1 Å². The number of nitrogens with two attached hydrogens (primary N) is 2. The number of aliphatic imine (C=N–C) groups is 1. The third-order valence-corrected chi connectivity index (χ3v) is 10.3. The zero-order chi connectivity index (χ0) is 32.0. The lowest BCUT2D eigenvalue weighted by Crippen LogP contribution is -2.39. The van der Waals surface area contributed by atoms with Crippen molar-refractivity contribution in [2.45, 2.75) is 62.9 Å². The molecule has 6 N–H and O–H groups in total. The van der Waals surface area contributed by atoms with E-state index < -0.39 is 22.0 Å². The topological polar surface area (TPSA) is 169 Å². The van der Waals surface area contributed by atoms with Crippen LogP contribution in [0.4, 0.5) is 5.69 Å². The van der Waals surface area contributed by atoms with Crippen molar-refractivity contribution in [3.05, 3.63) is 63.8 Å². The minimum Gasteiger partial charge on any atom is -0.492 e. The van der Waals surface area contributed by atoms with E-state index >= 15 is 0 Å². The summed E-state index contributed by atoms with van der Waals surface area (Å²) < 4.78 is 36.2. The Bertz CT molecular complexity index is 1680. The molecule has 240 valence electrons. The molecule has 1 aromatic heterocycles. The number of carbonyl (C=O) groups is 2. The number of piperidine rings is 1. The Morgan fingerprint density at radius 3 is 2.64 bits per heavy atom. The van der Waals surface area contributed by atoms with Gasteiger partial charge in [0.15, 0.2) is 11.7 Å². The van der Waals surface area contributed by atoms with E-state index in [0.29, 0.717) is 38.2 Å². The summed E-state index contributed by atoms with van der Waals surface area (Å²) in [5, 5.41) is 4.35. The van der Waals surface area contributed by atoms with Gasteiger partial charge in [-0.25, -0.2) is 8.42 Å². The predicted molar refractivity (Wildman–Crippen MR) is 177 cm³/mol. The number of carbonyl (C=O) groups excluding carboxylic acids is 2. The van der Waals surface area contributed by atoms with Crippen LogP contribution in [-0.2, 0) is 27.8 Å². The highest BCUT2D eigenvalue weighted by Gasteiger charge is 2.29. The highest BCUT2D eigenvalue weighted by atomic mass is 32.2. The average Bonchev–Trinajstić information content (AvgIpc) is 3.68. The maximum atomic E-state index is 13.9. The summed E-state index contributed by atoms with van der Waals surface area (Å²) >= 11 is 1.08. The summed E-state index contributed by atoms with van der Waals surface area (Å²) in [5.74, 6) is -0.493. The van der Waals surface area contributed by atoms with Gasteiger partial charge in [-0.05, 0) is 97.6 Å². The van der Waals surface area contributed by atoms with E-state index in [1.807, 2.05) is 18.2 Å². The maximum absolute atomic E-state index is 13.9. The monoisotopic (exact) mass is 652 g/mol. The Kier molecular flexibility index (Phi) is 10.4. The smallest absolute Gasteiger partial charge is 0.265 e. The molecule has 0 saturated carbocycles.